The molecule has 1 aliphatic heterocycles. The number of carbonyl (C=O) groups is 2. The van der Waals surface area contributed by atoms with Gasteiger partial charge in [-0.2, -0.15) is 0 Å². The Morgan fingerprint density at radius 1 is 1.18 bits per heavy atom. The highest BCUT2D eigenvalue weighted by Gasteiger charge is 2.25. The molecule has 2 N–H and O–H groups in total. The van der Waals surface area contributed by atoms with Gasteiger partial charge in [-0.15, -0.1) is 0 Å². The first-order chi connectivity index (χ1) is 13.5. The molecule has 1 saturated heterocycles. The smallest absolute Gasteiger partial charge is 0.251 e. The zero-order valence-corrected chi connectivity index (χ0v) is 15.8. The van der Waals surface area contributed by atoms with Crippen molar-refractivity contribution in [3.8, 4) is 0 Å². The largest absolute Gasteiger partial charge is 0.355 e. The standard InChI is InChI=1S/C20H24FN5O2/c1-14-2-3-16(12-17(14)21)20(28)25-9-8-24-19(27)15-4-10-26(11-5-15)18-13-22-6-7-23-18/h2-3,6-7,12-13,15H,4-5,8-11H2,1H3,(H,24,27)(H,25,28). The van der Waals surface area contributed by atoms with Gasteiger partial charge in [0.25, 0.3) is 5.91 Å². The average molecular weight is 385 g/mol. The maximum atomic E-state index is 13.5. The molecule has 2 aromatic rings. The van der Waals surface area contributed by atoms with E-state index < -0.39 is 5.82 Å². The van der Waals surface area contributed by atoms with E-state index in [1.807, 2.05) is 0 Å². The van der Waals surface area contributed by atoms with Gasteiger partial charge in [-0.05, 0) is 37.5 Å². The molecule has 2 amide bonds. The molecule has 1 aliphatic rings. The summed E-state index contributed by atoms with van der Waals surface area (Å²) in [6.07, 6.45) is 6.52. The number of hydrogen-bond acceptors (Lipinski definition) is 5. The van der Waals surface area contributed by atoms with Crippen LogP contribution in [0.1, 0.15) is 28.8 Å². The fraction of sp³-hybridized carbons (Fsp3) is 0.400. The SMILES string of the molecule is Cc1ccc(C(=O)NCCNC(=O)C2CCN(c3cnccn3)CC2)cc1F. The van der Waals surface area contributed by atoms with E-state index in [-0.39, 0.29) is 23.3 Å². The highest BCUT2D eigenvalue weighted by molar-refractivity contribution is 5.94. The first kappa shape index (κ1) is 19.7. The van der Waals surface area contributed by atoms with Gasteiger partial charge in [0.15, 0.2) is 0 Å². The molecule has 8 heteroatoms. The van der Waals surface area contributed by atoms with E-state index in [4.69, 9.17) is 0 Å². The predicted octanol–water partition coefficient (Wildman–Crippen LogP) is 1.69. The van der Waals surface area contributed by atoms with Crippen LogP contribution in [-0.2, 0) is 4.79 Å². The van der Waals surface area contributed by atoms with Crippen molar-refractivity contribution in [3.05, 3.63) is 53.7 Å². The average Bonchev–Trinajstić information content (AvgIpc) is 2.73. The summed E-state index contributed by atoms with van der Waals surface area (Å²) >= 11 is 0. The van der Waals surface area contributed by atoms with Crippen molar-refractivity contribution in [2.45, 2.75) is 19.8 Å². The van der Waals surface area contributed by atoms with Gasteiger partial charge < -0.3 is 15.5 Å². The van der Waals surface area contributed by atoms with E-state index in [1.165, 1.54) is 6.07 Å². The van der Waals surface area contributed by atoms with Crippen molar-refractivity contribution in [2.75, 3.05) is 31.1 Å². The lowest BCUT2D eigenvalue weighted by molar-refractivity contribution is -0.125. The molecule has 0 unspecified atom stereocenters. The number of piperidine rings is 1. The molecule has 0 atom stereocenters. The molecule has 3 rings (SSSR count). The van der Waals surface area contributed by atoms with Gasteiger partial charge in [0.1, 0.15) is 11.6 Å². The van der Waals surface area contributed by atoms with E-state index in [9.17, 15) is 14.0 Å². The second-order valence-corrected chi connectivity index (χ2v) is 6.84. The summed E-state index contributed by atoms with van der Waals surface area (Å²) < 4.78 is 13.5. The van der Waals surface area contributed by atoms with Crippen LogP contribution in [0.25, 0.3) is 0 Å². The molecule has 1 aromatic carbocycles. The maximum Gasteiger partial charge on any atom is 0.251 e. The quantitative estimate of drug-likeness (QED) is 0.739. The van der Waals surface area contributed by atoms with E-state index in [0.29, 0.717) is 18.7 Å². The first-order valence-corrected chi connectivity index (χ1v) is 9.37. The molecule has 0 spiro atoms. The number of rotatable bonds is 6. The van der Waals surface area contributed by atoms with Crippen LogP contribution in [0.4, 0.5) is 10.2 Å². The van der Waals surface area contributed by atoms with Crippen LogP contribution in [0.3, 0.4) is 0 Å². The normalized spacial score (nSPS) is 14.6. The van der Waals surface area contributed by atoms with Crippen LogP contribution < -0.4 is 15.5 Å². The van der Waals surface area contributed by atoms with Gasteiger partial charge in [0.05, 0.1) is 6.20 Å². The number of nitrogens with one attached hydrogen (secondary N) is 2. The summed E-state index contributed by atoms with van der Waals surface area (Å²) in [5.74, 6) is 0.0139. The van der Waals surface area contributed by atoms with Crippen molar-refractivity contribution in [3.63, 3.8) is 0 Å². The third-order valence-electron chi connectivity index (χ3n) is 4.88. The van der Waals surface area contributed by atoms with E-state index >= 15 is 0 Å². The van der Waals surface area contributed by atoms with Gasteiger partial charge >= 0.3 is 0 Å². The molecule has 0 aliphatic carbocycles. The fourth-order valence-electron chi connectivity index (χ4n) is 3.17. The molecule has 1 fully saturated rings. The Labute approximate surface area is 163 Å². The molecule has 0 saturated carbocycles. The van der Waals surface area contributed by atoms with Crippen molar-refractivity contribution in [1.29, 1.82) is 0 Å². The number of aromatic nitrogens is 2. The van der Waals surface area contributed by atoms with Crippen molar-refractivity contribution >= 4 is 17.6 Å². The third kappa shape index (κ3) is 5.03. The van der Waals surface area contributed by atoms with Crippen LogP contribution >= 0.6 is 0 Å². The highest BCUT2D eigenvalue weighted by Crippen LogP contribution is 2.21. The summed E-state index contributed by atoms with van der Waals surface area (Å²) in [6, 6.07) is 4.37. The monoisotopic (exact) mass is 385 g/mol. The van der Waals surface area contributed by atoms with Crippen LogP contribution in [0.15, 0.2) is 36.8 Å². The van der Waals surface area contributed by atoms with Crippen LogP contribution in [-0.4, -0.2) is 48.0 Å². The number of halogens is 1. The molecule has 0 bridgehead atoms. The number of aryl methyl sites for hydroxylation is 1. The number of amides is 2. The number of anilines is 1. The summed E-state index contributed by atoms with van der Waals surface area (Å²) in [7, 11) is 0. The minimum atomic E-state index is -0.409. The summed E-state index contributed by atoms with van der Waals surface area (Å²) in [5, 5.41) is 5.55. The Morgan fingerprint density at radius 2 is 1.93 bits per heavy atom. The maximum absolute atomic E-state index is 13.5. The number of hydrogen-bond donors (Lipinski definition) is 2. The number of nitrogens with zero attached hydrogens (tertiary/aromatic N) is 3. The molecule has 1 aromatic heterocycles. The Bertz CT molecular complexity index is 823. The second kappa shape index (κ2) is 9.25. The molecule has 0 radical (unpaired) electrons. The topological polar surface area (TPSA) is 87.2 Å². The van der Waals surface area contributed by atoms with E-state index in [0.717, 1.165) is 31.7 Å². The summed E-state index contributed by atoms with van der Waals surface area (Å²) in [4.78, 5) is 34.8. The van der Waals surface area contributed by atoms with Gasteiger partial charge in [-0.1, -0.05) is 6.07 Å². The zero-order chi connectivity index (χ0) is 19.9. The third-order valence-corrected chi connectivity index (χ3v) is 4.88. The van der Waals surface area contributed by atoms with Gasteiger partial charge in [0, 0.05) is 50.1 Å². The Morgan fingerprint density at radius 3 is 2.61 bits per heavy atom. The lowest BCUT2D eigenvalue weighted by atomic mass is 9.96. The minimum absolute atomic E-state index is 0.00516. The van der Waals surface area contributed by atoms with Gasteiger partial charge in [-0.3, -0.25) is 14.6 Å². The fourth-order valence-corrected chi connectivity index (χ4v) is 3.17. The predicted molar refractivity (Wildman–Crippen MR) is 103 cm³/mol. The van der Waals surface area contributed by atoms with Crippen molar-refractivity contribution in [1.82, 2.24) is 20.6 Å². The van der Waals surface area contributed by atoms with Crippen LogP contribution in [0.5, 0.6) is 0 Å². The molecule has 2 heterocycles. The van der Waals surface area contributed by atoms with Crippen LogP contribution in [0.2, 0.25) is 0 Å². The molecular formula is C20H24FN5O2. The van der Waals surface area contributed by atoms with Crippen LogP contribution in [0, 0.1) is 18.7 Å². The lowest BCUT2D eigenvalue weighted by Gasteiger charge is -2.31. The van der Waals surface area contributed by atoms with Crippen molar-refractivity contribution in [2.24, 2.45) is 5.92 Å². The second-order valence-electron chi connectivity index (χ2n) is 6.84. The molecule has 148 valence electrons. The number of carbonyl (C=O) groups excluding carboxylic acids is 2. The summed E-state index contributed by atoms with van der Waals surface area (Å²) in [5.41, 5.74) is 0.764. The minimum Gasteiger partial charge on any atom is -0.355 e. The van der Waals surface area contributed by atoms with Crippen molar-refractivity contribution < 1.29 is 14.0 Å². The highest BCUT2D eigenvalue weighted by atomic mass is 19.1. The van der Waals surface area contributed by atoms with Gasteiger partial charge in [-0.25, -0.2) is 9.37 Å². The summed E-state index contributed by atoms with van der Waals surface area (Å²) in [6.45, 7) is 3.78. The molecule has 28 heavy (non-hydrogen) atoms. The zero-order valence-electron chi connectivity index (χ0n) is 15.8. The van der Waals surface area contributed by atoms with E-state index in [1.54, 1.807) is 37.6 Å². The lowest BCUT2D eigenvalue weighted by Crippen LogP contribution is -2.42. The van der Waals surface area contributed by atoms with E-state index in [2.05, 4.69) is 25.5 Å². The number of benzene rings is 1. The Kier molecular flexibility index (Phi) is 6.52. The first-order valence-electron chi connectivity index (χ1n) is 9.37. The Balaban J connectivity index is 1.37. The molecule has 7 nitrogen and oxygen atoms in total. The molecular weight excluding hydrogens is 361 g/mol. The Hall–Kier alpha value is -3.03. The van der Waals surface area contributed by atoms with Gasteiger partial charge in [0.2, 0.25) is 5.91 Å².